The molecule has 0 unspecified atom stereocenters. The number of benzene rings is 1. The minimum atomic E-state index is -2.75. The van der Waals surface area contributed by atoms with E-state index in [4.69, 9.17) is 14.1 Å². The summed E-state index contributed by atoms with van der Waals surface area (Å²) in [5, 5.41) is 24.3. The SMILES string of the molecule is [2H]C([2H])([2H])NC(=O)c1nnc(NC(=O)C2CC2)cc1Nc1cccc(-c2ncc(C#N)cn2)c1OC. The van der Waals surface area contributed by atoms with Gasteiger partial charge in [-0.05, 0) is 25.0 Å². The van der Waals surface area contributed by atoms with Gasteiger partial charge in [-0.2, -0.15) is 5.26 Å². The second kappa shape index (κ2) is 9.27. The highest BCUT2D eigenvalue weighted by Crippen LogP contribution is 2.37. The van der Waals surface area contributed by atoms with Gasteiger partial charge in [0.15, 0.2) is 23.1 Å². The van der Waals surface area contributed by atoms with E-state index in [0.717, 1.165) is 12.8 Å². The van der Waals surface area contributed by atoms with Crippen molar-refractivity contribution in [2.75, 3.05) is 24.7 Å². The molecule has 1 saturated carbocycles. The predicted octanol–water partition coefficient (Wildman–Crippen LogP) is 2.27. The van der Waals surface area contributed by atoms with Crippen molar-refractivity contribution in [2.45, 2.75) is 12.8 Å². The van der Waals surface area contributed by atoms with Crippen LogP contribution in [0.4, 0.5) is 17.2 Å². The zero-order chi connectivity index (χ0) is 25.9. The Labute approximate surface area is 193 Å². The number of carbonyl (C=O) groups is 2. The molecule has 0 bridgehead atoms. The lowest BCUT2D eigenvalue weighted by molar-refractivity contribution is -0.117. The van der Waals surface area contributed by atoms with Crippen LogP contribution in [-0.4, -0.2) is 46.1 Å². The summed E-state index contributed by atoms with van der Waals surface area (Å²) in [4.78, 5) is 33.2. The molecular formula is C22H20N8O3. The van der Waals surface area contributed by atoms with Crippen LogP contribution in [0.1, 0.15) is 33.0 Å². The van der Waals surface area contributed by atoms with Crippen LogP contribution in [0.3, 0.4) is 0 Å². The number of aromatic nitrogens is 4. The van der Waals surface area contributed by atoms with E-state index in [1.165, 1.54) is 25.6 Å². The van der Waals surface area contributed by atoms with Crippen LogP contribution in [0.15, 0.2) is 36.7 Å². The number of ether oxygens (including phenoxy) is 1. The molecule has 2 amide bonds. The minimum Gasteiger partial charge on any atom is -0.494 e. The van der Waals surface area contributed by atoms with Gasteiger partial charge >= 0.3 is 0 Å². The van der Waals surface area contributed by atoms with Crippen LogP contribution in [0.25, 0.3) is 11.4 Å². The van der Waals surface area contributed by atoms with Crippen molar-refractivity contribution in [3.63, 3.8) is 0 Å². The fourth-order valence-electron chi connectivity index (χ4n) is 3.05. The molecule has 2 heterocycles. The van der Waals surface area contributed by atoms with Crippen LogP contribution >= 0.6 is 0 Å². The van der Waals surface area contributed by atoms with E-state index in [1.54, 1.807) is 18.2 Å². The molecule has 2 aromatic heterocycles. The second-order valence-electron chi connectivity index (χ2n) is 7.13. The van der Waals surface area contributed by atoms with E-state index in [9.17, 15) is 9.59 Å². The molecular weight excluding hydrogens is 424 g/mol. The number of hydrogen-bond donors (Lipinski definition) is 3. The van der Waals surface area contributed by atoms with Crippen molar-refractivity contribution < 1.29 is 18.4 Å². The molecule has 1 aliphatic carbocycles. The molecule has 11 heteroatoms. The van der Waals surface area contributed by atoms with Gasteiger partial charge in [0.2, 0.25) is 5.91 Å². The van der Waals surface area contributed by atoms with Crippen molar-refractivity contribution in [1.29, 1.82) is 5.26 Å². The van der Waals surface area contributed by atoms with Gasteiger partial charge in [0.1, 0.15) is 6.07 Å². The highest BCUT2D eigenvalue weighted by atomic mass is 16.5. The number of para-hydroxylation sites is 1. The van der Waals surface area contributed by atoms with Gasteiger partial charge in [0.25, 0.3) is 5.91 Å². The largest absolute Gasteiger partial charge is 0.494 e. The summed E-state index contributed by atoms with van der Waals surface area (Å²) in [5.74, 6) is -0.607. The number of amides is 2. The van der Waals surface area contributed by atoms with Gasteiger partial charge in [-0.3, -0.25) is 9.59 Å². The number of rotatable bonds is 7. The fraction of sp³-hybridized carbons (Fsp3) is 0.227. The average molecular weight is 447 g/mol. The van der Waals surface area contributed by atoms with Crippen molar-refractivity contribution in [3.05, 3.63) is 47.9 Å². The number of nitrogens with zero attached hydrogens (tertiary/aromatic N) is 5. The maximum absolute atomic E-state index is 12.6. The summed E-state index contributed by atoms with van der Waals surface area (Å²) in [6.07, 6.45) is 4.32. The third-order valence-corrected chi connectivity index (χ3v) is 4.83. The van der Waals surface area contributed by atoms with E-state index in [0.29, 0.717) is 28.4 Å². The lowest BCUT2D eigenvalue weighted by Crippen LogP contribution is -2.22. The highest BCUT2D eigenvalue weighted by Gasteiger charge is 2.30. The van der Waals surface area contributed by atoms with Gasteiger partial charge in [0, 0.05) is 35.5 Å². The summed E-state index contributed by atoms with van der Waals surface area (Å²) < 4.78 is 27.6. The Morgan fingerprint density at radius 3 is 2.67 bits per heavy atom. The van der Waals surface area contributed by atoms with Gasteiger partial charge in [-0.25, -0.2) is 9.97 Å². The Bertz CT molecular complexity index is 1350. The van der Waals surface area contributed by atoms with Crippen molar-refractivity contribution in [1.82, 2.24) is 25.5 Å². The number of hydrogen-bond acceptors (Lipinski definition) is 9. The van der Waals surface area contributed by atoms with Crippen molar-refractivity contribution in [2.24, 2.45) is 5.92 Å². The first-order chi connectivity index (χ1) is 17.2. The van der Waals surface area contributed by atoms with Crippen LogP contribution in [0.5, 0.6) is 5.75 Å². The Kier molecular flexibility index (Phi) is 5.06. The highest BCUT2D eigenvalue weighted by molar-refractivity contribution is 6.00. The first kappa shape index (κ1) is 18.0. The Balaban J connectivity index is 1.72. The van der Waals surface area contributed by atoms with E-state index < -0.39 is 12.9 Å². The van der Waals surface area contributed by atoms with E-state index >= 15 is 0 Å². The zero-order valence-corrected chi connectivity index (χ0v) is 17.4. The van der Waals surface area contributed by atoms with Crippen LogP contribution in [0, 0.1) is 17.2 Å². The van der Waals surface area contributed by atoms with Crippen LogP contribution in [0.2, 0.25) is 0 Å². The molecule has 1 fully saturated rings. The quantitative estimate of drug-likeness (QED) is 0.494. The van der Waals surface area contributed by atoms with Gasteiger partial charge in [-0.1, -0.05) is 6.07 Å². The standard InChI is InChI=1S/C22H20N8O3/c1-24-22(32)18-16(8-17(29-30-18)28-21(31)13-6-7-13)27-15-5-3-4-14(19(15)33-2)20-25-10-12(9-23)11-26-20/h3-5,8,10-11,13H,6-7H2,1-2H3,(H,24,32)(H2,27,28,29,31)/i1D3. The Hall–Kier alpha value is -4.59. The van der Waals surface area contributed by atoms with Crippen molar-refractivity contribution >= 4 is 29.0 Å². The normalized spacial score (nSPS) is 14.1. The van der Waals surface area contributed by atoms with E-state index in [1.807, 2.05) is 11.4 Å². The molecule has 11 nitrogen and oxygen atoms in total. The van der Waals surface area contributed by atoms with E-state index in [-0.39, 0.29) is 29.0 Å². The molecule has 166 valence electrons. The van der Waals surface area contributed by atoms with Crippen LogP contribution in [-0.2, 0) is 4.79 Å². The molecule has 3 aromatic rings. The lowest BCUT2D eigenvalue weighted by Gasteiger charge is -2.16. The van der Waals surface area contributed by atoms with Gasteiger partial charge < -0.3 is 20.7 Å². The summed E-state index contributed by atoms with van der Waals surface area (Å²) in [6, 6.07) is 8.38. The maximum atomic E-state index is 12.6. The molecule has 0 radical (unpaired) electrons. The first-order valence-electron chi connectivity index (χ1n) is 11.4. The summed E-state index contributed by atoms with van der Waals surface area (Å²) in [7, 11) is 1.43. The minimum absolute atomic E-state index is 0.0778. The lowest BCUT2D eigenvalue weighted by atomic mass is 10.1. The molecule has 0 saturated heterocycles. The molecule has 33 heavy (non-hydrogen) atoms. The molecule has 1 aromatic carbocycles. The summed E-state index contributed by atoms with van der Waals surface area (Å²) in [5.41, 5.74) is 0.926. The van der Waals surface area contributed by atoms with Crippen LogP contribution < -0.4 is 20.7 Å². The molecule has 0 atom stereocenters. The van der Waals surface area contributed by atoms with E-state index in [2.05, 4.69) is 30.8 Å². The maximum Gasteiger partial charge on any atom is 0.273 e. The molecule has 1 aliphatic rings. The number of methoxy groups -OCH3 is 1. The number of nitriles is 1. The zero-order valence-electron chi connectivity index (χ0n) is 20.4. The third kappa shape index (κ3) is 4.69. The monoisotopic (exact) mass is 447 g/mol. The number of nitrogens with one attached hydrogen (secondary N) is 3. The fourth-order valence-corrected chi connectivity index (χ4v) is 3.05. The molecule has 3 N–H and O–H groups in total. The van der Waals surface area contributed by atoms with Gasteiger partial charge in [-0.15, -0.1) is 10.2 Å². The smallest absolute Gasteiger partial charge is 0.273 e. The van der Waals surface area contributed by atoms with Crippen molar-refractivity contribution in [3.8, 4) is 23.2 Å². The second-order valence-corrected chi connectivity index (χ2v) is 7.13. The third-order valence-electron chi connectivity index (χ3n) is 4.83. The Morgan fingerprint density at radius 1 is 1.21 bits per heavy atom. The first-order valence-corrected chi connectivity index (χ1v) is 9.86. The topological polar surface area (TPSA) is 155 Å². The number of anilines is 3. The summed E-state index contributed by atoms with van der Waals surface area (Å²) in [6.45, 7) is -2.75. The average Bonchev–Trinajstić information content (AvgIpc) is 3.69. The Morgan fingerprint density at radius 2 is 2.00 bits per heavy atom. The van der Waals surface area contributed by atoms with Gasteiger partial charge in [0.05, 0.1) is 29.6 Å². The predicted molar refractivity (Wildman–Crippen MR) is 119 cm³/mol. The molecule has 0 aliphatic heterocycles. The number of carbonyl (C=O) groups excluding carboxylic acids is 2. The molecule has 4 rings (SSSR count). The summed E-state index contributed by atoms with van der Waals surface area (Å²) >= 11 is 0. The molecule has 0 spiro atoms.